The number of halogens is 2. The molecule has 0 aromatic heterocycles. The number of nitrogens with one attached hydrogen (secondary N) is 1. The first kappa shape index (κ1) is 19.1. The standard InChI is InChI=1S/C12H14Br2N2O5S/c1-21-11(18)4-2-3-10(17)16-12-8(14)5-7(13)6-9(12)22(15,19)20/h5-6H,2-4H2,1H3,(H,16,17)(H2,15,19,20). The van der Waals surface area contributed by atoms with E-state index in [9.17, 15) is 18.0 Å². The van der Waals surface area contributed by atoms with Crippen molar-refractivity contribution < 1.29 is 22.7 Å². The Hall–Kier alpha value is -0.970. The molecule has 7 nitrogen and oxygen atoms in total. The van der Waals surface area contributed by atoms with Crippen LogP contribution in [0, 0.1) is 0 Å². The van der Waals surface area contributed by atoms with Crippen molar-refractivity contribution >= 4 is 59.4 Å². The minimum Gasteiger partial charge on any atom is -0.469 e. The molecule has 0 saturated heterocycles. The summed E-state index contributed by atoms with van der Waals surface area (Å²) in [5.41, 5.74) is 0.0637. The number of carbonyl (C=O) groups excluding carboxylic acids is 2. The molecule has 0 saturated carbocycles. The number of amides is 1. The monoisotopic (exact) mass is 456 g/mol. The lowest BCUT2D eigenvalue weighted by Crippen LogP contribution is -2.19. The molecular formula is C12H14Br2N2O5S. The predicted octanol–water partition coefficient (Wildman–Crippen LogP) is 2.14. The molecule has 3 N–H and O–H groups in total. The summed E-state index contributed by atoms with van der Waals surface area (Å²) >= 11 is 6.34. The molecular weight excluding hydrogens is 444 g/mol. The zero-order valence-electron chi connectivity index (χ0n) is 11.6. The largest absolute Gasteiger partial charge is 0.469 e. The van der Waals surface area contributed by atoms with Gasteiger partial charge in [0.25, 0.3) is 0 Å². The third-order valence-corrected chi connectivity index (χ3v) is 4.62. The van der Waals surface area contributed by atoms with Crippen LogP contribution in [0.2, 0.25) is 0 Å². The highest BCUT2D eigenvalue weighted by molar-refractivity contribution is 9.11. The molecule has 0 fully saturated rings. The highest BCUT2D eigenvalue weighted by Crippen LogP contribution is 2.33. The smallest absolute Gasteiger partial charge is 0.305 e. The van der Waals surface area contributed by atoms with Crippen molar-refractivity contribution in [3.8, 4) is 0 Å². The molecule has 1 aromatic rings. The van der Waals surface area contributed by atoms with Gasteiger partial charge in [-0.15, -0.1) is 0 Å². The van der Waals surface area contributed by atoms with E-state index in [-0.39, 0.29) is 29.8 Å². The van der Waals surface area contributed by atoms with Gasteiger partial charge in [-0.1, -0.05) is 15.9 Å². The van der Waals surface area contributed by atoms with Gasteiger partial charge in [0.2, 0.25) is 15.9 Å². The van der Waals surface area contributed by atoms with Gasteiger partial charge in [0.1, 0.15) is 4.90 Å². The second-order valence-electron chi connectivity index (χ2n) is 4.28. The number of benzene rings is 1. The van der Waals surface area contributed by atoms with Crippen molar-refractivity contribution in [2.45, 2.75) is 24.2 Å². The Labute approximate surface area is 144 Å². The molecule has 0 aliphatic carbocycles. The quantitative estimate of drug-likeness (QED) is 0.635. The van der Waals surface area contributed by atoms with E-state index in [1.807, 2.05) is 0 Å². The van der Waals surface area contributed by atoms with E-state index in [1.165, 1.54) is 13.2 Å². The van der Waals surface area contributed by atoms with E-state index in [4.69, 9.17) is 5.14 Å². The topological polar surface area (TPSA) is 116 Å². The number of carbonyl (C=O) groups is 2. The van der Waals surface area contributed by atoms with Crippen LogP contribution in [0.15, 0.2) is 26.0 Å². The van der Waals surface area contributed by atoms with E-state index < -0.39 is 21.9 Å². The summed E-state index contributed by atoms with van der Waals surface area (Å²) in [6, 6.07) is 2.88. The second kappa shape index (κ2) is 8.04. The first-order chi connectivity index (χ1) is 10.1. The van der Waals surface area contributed by atoms with Crippen molar-refractivity contribution in [3.05, 3.63) is 21.1 Å². The van der Waals surface area contributed by atoms with Gasteiger partial charge in [-0.05, 0) is 34.5 Å². The van der Waals surface area contributed by atoms with Gasteiger partial charge in [-0.25, -0.2) is 13.6 Å². The van der Waals surface area contributed by atoms with Crippen molar-refractivity contribution in [2.24, 2.45) is 5.14 Å². The Morgan fingerprint density at radius 3 is 2.45 bits per heavy atom. The Balaban J connectivity index is 2.89. The fourth-order valence-electron chi connectivity index (χ4n) is 1.59. The average molecular weight is 458 g/mol. The number of methoxy groups -OCH3 is 1. The molecule has 0 aliphatic rings. The van der Waals surface area contributed by atoms with E-state index in [0.29, 0.717) is 8.95 Å². The van der Waals surface area contributed by atoms with E-state index in [0.717, 1.165) is 0 Å². The molecule has 0 unspecified atom stereocenters. The SMILES string of the molecule is COC(=O)CCCC(=O)Nc1c(Br)cc(Br)cc1S(N)(=O)=O. The number of hydrogen-bond acceptors (Lipinski definition) is 5. The summed E-state index contributed by atoms with van der Waals surface area (Å²) in [6.45, 7) is 0. The normalized spacial score (nSPS) is 11.1. The van der Waals surface area contributed by atoms with Gasteiger partial charge in [0.15, 0.2) is 0 Å². The maximum Gasteiger partial charge on any atom is 0.305 e. The Bertz CT molecular complexity index is 691. The molecule has 0 bridgehead atoms. The van der Waals surface area contributed by atoms with Crippen LogP contribution in [0.4, 0.5) is 5.69 Å². The Morgan fingerprint density at radius 2 is 1.91 bits per heavy atom. The van der Waals surface area contributed by atoms with Crippen LogP contribution < -0.4 is 10.5 Å². The summed E-state index contributed by atoms with van der Waals surface area (Å²) in [4.78, 5) is 22.6. The summed E-state index contributed by atoms with van der Waals surface area (Å²) < 4.78 is 28.5. The fraction of sp³-hybridized carbons (Fsp3) is 0.333. The van der Waals surface area contributed by atoms with Crippen LogP contribution in [0.25, 0.3) is 0 Å². The van der Waals surface area contributed by atoms with E-state index in [2.05, 4.69) is 41.9 Å². The minimum absolute atomic E-state index is 0.0433. The van der Waals surface area contributed by atoms with Crippen LogP contribution in [-0.2, 0) is 24.3 Å². The molecule has 0 spiro atoms. The number of sulfonamides is 1. The molecule has 10 heteroatoms. The lowest BCUT2D eigenvalue weighted by Gasteiger charge is -2.12. The summed E-state index contributed by atoms with van der Waals surface area (Å²) in [5, 5.41) is 7.63. The minimum atomic E-state index is -4.01. The van der Waals surface area contributed by atoms with Crippen LogP contribution in [0.5, 0.6) is 0 Å². The van der Waals surface area contributed by atoms with Crippen molar-refractivity contribution in [2.75, 3.05) is 12.4 Å². The van der Waals surface area contributed by atoms with Gasteiger partial charge < -0.3 is 10.1 Å². The highest BCUT2D eigenvalue weighted by Gasteiger charge is 2.19. The maximum atomic E-state index is 11.9. The molecule has 0 heterocycles. The van der Waals surface area contributed by atoms with Crippen molar-refractivity contribution in [1.29, 1.82) is 0 Å². The van der Waals surface area contributed by atoms with Gasteiger partial charge in [0.05, 0.1) is 12.8 Å². The van der Waals surface area contributed by atoms with Crippen LogP contribution in [0.3, 0.4) is 0 Å². The first-order valence-corrected chi connectivity index (χ1v) is 9.17. The number of ether oxygens (including phenoxy) is 1. The zero-order valence-corrected chi connectivity index (χ0v) is 15.5. The summed E-state index contributed by atoms with van der Waals surface area (Å²) in [6.07, 6.45) is 0.437. The molecule has 122 valence electrons. The van der Waals surface area contributed by atoms with Crippen LogP contribution in [0.1, 0.15) is 19.3 Å². The van der Waals surface area contributed by atoms with Crippen molar-refractivity contribution in [3.63, 3.8) is 0 Å². The number of esters is 1. The summed E-state index contributed by atoms with van der Waals surface area (Å²) in [5.74, 6) is -0.848. The van der Waals surface area contributed by atoms with E-state index >= 15 is 0 Å². The van der Waals surface area contributed by atoms with E-state index in [1.54, 1.807) is 6.07 Å². The molecule has 0 radical (unpaired) electrons. The van der Waals surface area contributed by atoms with Gasteiger partial charge >= 0.3 is 5.97 Å². The number of hydrogen-bond donors (Lipinski definition) is 2. The second-order valence-corrected chi connectivity index (χ2v) is 7.58. The Kier molecular flexibility index (Phi) is 6.98. The Morgan fingerprint density at radius 1 is 1.27 bits per heavy atom. The third kappa shape index (κ3) is 5.67. The van der Waals surface area contributed by atoms with Gasteiger partial charge in [0, 0.05) is 21.8 Å². The molecule has 0 atom stereocenters. The first-order valence-electron chi connectivity index (χ1n) is 6.03. The molecule has 1 rings (SSSR count). The van der Waals surface area contributed by atoms with Gasteiger partial charge in [-0.2, -0.15) is 0 Å². The molecule has 0 aliphatic heterocycles. The zero-order chi connectivity index (χ0) is 16.9. The molecule has 1 amide bonds. The number of rotatable bonds is 6. The third-order valence-electron chi connectivity index (χ3n) is 2.60. The highest BCUT2D eigenvalue weighted by atomic mass is 79.9. The number of anilines is 1. The fourth-order valence-corrected chi connectivity index (χ4v) is 3.94. The van der Waals surface area contributed by atoms with Crippen molar-refractivity contribution in [1.82, 2.24) is 0 Å². The number of primary sulfonamides is 1. The molecule has 22 heavy (non-hydrogen) atoms. The lowest BCUT2D eigenvalue weighted by atomic mass is 10.2. The lowest BCUT2D eigenvalue weighted by molar-refractivity contribution is -0.140. The predicted molar refractivity (Wildman–Crippen MR) is 87.7 cm³/mol. The number of nitrogens with two attached hydrogens (primary N) is 1. The van der Waals surface area contributed by atoms with Crippen LogP contribution in [-0.4, -0.2) is 27.4 Å². The maximum absolute atomic E-state index is 11.9. The summed E-state index contributed by atoms with van der Waals surface area (Å²) in [7, 11) is -2.75. The van der Waals surface area contributed by atoms with Crippen LogP contribution >= 0.6 is 31.9 Å². The average Bonchev–Trinajstić information content (AvgIpc) is 2.40. The van der Waals surface area contributed by atoms with Gasteiger partial charge in [-0.3, -0.25) is 9.59 Å². The molecule has 1 aromatic carbocycles.